The molecule has 1 aliphatic heterocycles. The highest BCUT2D eigenvalue weighted by atomic mass is 19.1. The van der Waals surface area contributed by atoms with E-state index in [9.17, 15) is 14.0 Å². The quantitative estimate of drug-likeness (QED) is 0.372. The van der Waals surface area contributed by atoms with Crippen LogP contribution in [0.4, 0.5) is 4.39 Å². The van der Waals surface area contributed by atoms with Crippen LogP contribution in [0.3, 0.4) is 0 Å². The average molecular weight is 499 g/mol. The fraction of sp³-hybridized carbons (Fsp3) is 0.290. The summed E-state index contributed by atoms with van der Waals surface area (Å²) < 4.78 is 18.2. The van der Waals surface area contributed by atoms with Crippen molar-refractivity contribution in [2.75, 3.05) is 27.2 Å². The number of nitrogens with zero attached hydrogens (tertiary/aromatic N) is 2. The molecule has 0 aliphatic carbocycles. The summed E-state index contributed by atoms with van der Waals surface area (Å²) in [7, 11) is 3.32. The Balaban J connectivity index is 1.52. The van der Waals surface area contributed by atoms with Crippen molar-refractivity contribution < 1.29 is 18.7 Å². The van der Waals surface area contributed by atoms with Crippen LogP contribution in [-0.4, -0.2) is 61.0 Å². The minimum absolute atomic E-state index is 0.0579. The number of methoxy groups -OCH3 is 1. The molecule has 0 saturated carbocycles. The molecule has 1 aliphatic rings. The average Bonchev–Trinajstić information content (AvgIpc) is 2.94. The Kier molecular flexibility index (Phi) is 8.71. The number of amides is 1. The Morgan fingerprint density at radius 3 is 2.16 bits per heavy atom. The van der Waals surface area contributed by atoms with Gasteiger partial charge in [-0.25, -0.2) is 9.18 Å². The first-order valence-electron chi connectivity index (χ1n) is 12.4. The highest BCUT2D eigenvalue weighted by Crippen LogP contribution is 2.31. The topological polar surface area (TPSA) is 49.9 Å². The number of carbonyl (C=O) groups excluding carboxylic acids is 2. The van der Waals surface area contributed by atoms with Crippen LogP contribution in [0.2, 0.25) is 0 Å². The summed E-state index contributed by atoms with van der Waals surface area (Å²) in [6, 6.07) is 24.8. The number of hydrogen-bond donors (Lipinski definition) is 0. The molecule has 2 atom stereocenters. The van der Waals surface area contributed by atoms with Crippen molar-refractivity contribution in [3.63, 3.8) is 0 Å². The number of halogens is 1. The van der Waals surface area contributed by atoms with E-state index >= 15 is 0 Å². The van der Waals surface area contributed by atoms with Crippen LogP contribution in [0.5, 0.6) is 0 Å². The van der Waals surface area contributed by atoms with Gasteiger partial charge in [0, 0.05) is 18.2 Å². The van der Waals surface area contributed by atoms with E-state index in [1.54, 1.807) is 17.0 Å². The summed E-state index contributed by atoms with van der Waals surface area (Å²) in [6.07, 6.45) is 1.17. The maximum absolute atomic E-state index is 14.0. The predicted octanol–water partition coefficient (Wildman–Crippen LogP) is 4.47. The second-order valence-electron chi connectivity index (χ2n) is 9.23. The van der Waals surface area contributed by atoms with Gasteiger partial charge in [-0.15, -0.1) is 0 Å². The molecule has 0 spiro atoms. The molecule has 3 aromatic carbocycles. The van der Waals surface area contributed by atoms with Gasteiger partial charge < -0.3 is 9.64 Å². The highest BCUT2D eigenvalue weighted by Gasteiger charge is 2.40. The zero-order valence-corrected chi connectivity index (χ0v) is 21.1. The molecule has 0 unspecified atom stereocenters. The second-order valence-corrected chi connectivity index (χ2v) is 9.23. The Hall–Kier alpha value is -3.95. The second kappa shape index (κ2) is 12.3. The first kappa shape index (κ1) is 26.1. The summed E-state index contributed by atoms with van der Waals surface area (Å²) in [4.78, 5) is 30.7. The van der Waals surface area contributed by atoms with Gasteiger partial charge in [0.15, 0.2) is 0 Å². The summed E-state index contributed by atoms with van der Waals surface area (Å²) in [5.74, 6) is 4.86. The molecule has 190 valence electrons. The van der Waals surface area contributed by atoms with Crippen LogP contribution < -0.4 is 0 Å². The van der Waals surface area contributed by atoms with E-state index in [1.807, 2.05) is 67.7 Å². The minimum atomic E-state index is -0.682. The minimum Gasteiger partial charge on any atom is -0.467 e. The summed E-state index contributed by atoms with van der Waals surface area (Å²) in [5, 5.41) is 0. The Morgan fingerprint density at radius 1 is 1.00 bits per heavy atom. The van der Waals surface area contributed by atoms with Crippen molar-refractivity contribution in [1.29, 1.82) is 0 Å². The molecule has 4 rings (SSSR count). The van der Waals surface area contributed by atoms with Crippen LogP contribution in [0.1, 0.15) is 35.4 Å². The number of rotatable bonds is 6. The van der Waals surface area contributed by atoms with E-state index < -0.39 is 17.9 Å². The van der Waals surface area contributed by atoms with Crippen molar-refractivity contribution in [2.45, 2.75) is 30.8 Å². The molecule has 6 heteroatoms. The third-order valence-corrected chi connectivity index (χ3v) is 6.87. The summed E-state index contributed by atoms with van der Waals surface area (Å²) in [6.45, 7) is 0.926. The number of benzene rings is 3. The Morgan fingerprint density at radius 2 is 1.59 bits per heavy atom. The van der Waals surface area contributed by atoms with Crippen LogP contribution >= 0.6 is 0 Å². The van der Waals surface area contributed by atoms with Crippen LogP contribution in [0, 0.1) is 17.7 Å². The van der Waals surface area contributed by atoms with Crippen molar-refractivity contribution >= 4 is 11.9 Å². The van der Waals surface area contributed by atoms with Crippen LogP contribution in [0.25, 0.3) is 0 Å². The highest BCUT2D eigenvalue weighted by molar-refractivity contribution is 5.91. The number of hydrogen-bond acceptors (Lipinski definition) is 4. The van der Waals surface area contributed by atoms with E-state index in [0.717, 1.165) is 16.7 Å². The molecule has 0 bridgehead atoms. The molecule has 37 heavy (non-hydrogen) atoms. The zero-order valence-electron chi connectivity index (χ0n) is 21.1. The lowest BCUT2D eigenvalue weighted by Crippen LogP contribution is -2.55. The zero-order chi connectivity index (χ0) is 26.2. The van der Waals surface area contributed by atoms with E-state index in [4.69, 9.17) is 4.74 Å². The summed E-state index contributed by atoms with van der Waals surface area (Å²) >= 11 is 0. The molecule has 0 aromatic heterocycles. The first-order valence-corrected chi connectivity index (χ1v) is 12.4. The Labute approximate surface area is 217 Å². The Bertz CT molecular complexity index is 1210. The molecule has 1 fully saturated rings. The molecular formula is C31H31FN2O3. The first-order chi connectivity index (χ1) is 18.0. The number of esters is 1. The van der Waals surface area contributed by atoms with Crippen molar-refractivity contribution in [1.82, 2.24) is 9.80 Å². The third-order valence-electron chi connectivity index (χ3n) is 6.87. The smallest absolute Gasteiger partial charge is 0.328 e. The van der Waals surface area contributed by atoms with Gasteiger partial charge in [-0.05, 0) is 55.3 Å². The van der Waals surface area contributed by atoms with Crippen molar-refractivity contribution in [2.24, 2.45) is 0 Å². The van der Waals surface area contributed by atoms with Gasteiger partial charge in [0.05, 0.1) is 19.6 Å². The standard InChI is InChI=1S/C31H31FN2O3/c1-33(20-9-10-23-15-17-26(32)18-16-23)27-19-21-34(28(22-27)31(36)37-2)30(35)29(24-11-5-3-6-12-24)25-13-7-4-8-14-25/h3-8,11-18,27-29H,19-22H2,1-2H3/t27-,28-/m0/s1. The van der Waals surface area contributed by atoms with Crippen LogP contribution in [-0.2, 0) is 14.3 Å². The molecular weight excluding hydrogens is 467 g/mol. The van der Waals surface area contributed by atoms with Gasteiger partial charge in [-0.1, -0.05) is 72.5 Å². The van der Waals surface area contributed by atoms with E-state index in [1.165, 1.54) is 19.2 Å². The largest absolute Gasteiger partial charge is 0.467 e. The number of ether oxygens (including phenoxy) is 1. The van der Waals surface area contributed by atoms with Gasteiger partial charge in [-0.3, -0.25) is 9.69 Å². The van der Waals surface area contributed by atoms with E-state index in [0.29, 0.717) is 25.9 Å². The fourth-order valence-corrected chi connectivity index (χ4v) is 4.83. The maximum atomic E-state index is 14.0. The number of piperidine rings is 1. The lowest BCUT2D eigenvalue weighted by Gasteiger charge is -2.42. The molecule has 0 N–H and O–H groups in total. The summed E-state index contributed by atoms with van der Waals surface area (Å²) in [5.41, 5.74) is 2.52. The monoisotopic (exact) mass is 498 g/mol. The van der Waals surface area contributed by atoms with Gasteiger partial charge in [0.2, 0.25) is 5.91 Å². The van der Waals surface area contributed by atoms with Crippen molar-refractivity contribution in [3.05, 3.63) is 107 Å². The van der Waals surface area contributed by atoms with Gasteiger partial charge >= 0.3 is 5.97 Å². The molecule has 0 radical (unpaired) electrons. The van der Waals surface area contributed by atoms with Crippen molar-refractivity contribution in [3.8, 4) is 11.8 Å². The molecule has 1 amide bonds. The number of carbonyl (C=O) groups is 2. The molecule has 1 saturated heterocycles. The molecule has 3 aromatic rings. The van der Waals surface area contributed by atoms with Crippen LogP contribution in [0.15, 0.2) is 84.9 Å². The van der Waals surface area contributed by atoms with Gasteiger partial charge in [-0.2, -0.15) is 0 Å². The predicted molar refractivity (Wildman–Crippen MR) is 141 cm³/mol. The van der Waals surface area contributed by atoms with E-state index in [2.05, 4.69) is 16.7 Å². The lowest BCUT2D eigenvalue weighted by molar-refractivity contribution is -0.156. The van der Waals surface area contributed by atoms with Gasteiger partial charge in [0.25, 0.3) is 0 Å². The SMILES string of the molecule is COC(=O)[C@@H]1C[C@@H](N(C)CC#Cc2ccc(F)cc2)CCN1C(=O)C(c1ccccc1)c1ccccc1. The van der Waals surface area contributed by atoms with E-state index in [-0.39, 0.29) is 17.8 Å². The van der Waals surface area contributed by atoms with Gasteiger partial charge in [0.1, 0.15) is 11.9 Å². The molecule has 1 heterocycles. The normalized spacial score (nSPS) is 17.3. The number of likely N-dealkylation sites (tertiary alicyclic amines) is 1. The third kappa shape index (κ3) is 6.44. The fourth-order valence-electron chi connectivity index (χ4n) is 4.83. The lowest BCUT2D eigenvalue weighted by atomic mass is 9.87. The maximum Gasteiger partial charge on any atom is 0.328 e. The molecule has 5 nitrogen and oxygen atoms in total.